The number of benzene rings is 1. The minimum Gasteiger partial charge on any atom is -0.384 e. The standard InChI is InChI=1S/C13H17NO2/c1-9(2)16-8-13(15)11-7-14-12-6-4-3-5-10(11)12/h3-6,9,11,14H,7-8H2,1-2H3. The number of nitrogens with one attached hydrogen (secondary N) is 1. The molecule has 1 aromatic carbocycles. The van der Waals surface area contributed by atoms with Crippen LogP contribution in [-0.2, 0) is 9.53 Å². The van der Waals surface area contributed by atoms with Crippen LogP contribution in [-0.4, -0.2) is 25.0 Å². The summed E-state index contributed by atoms with van der Waals surface area (Å²) in [6.07, 6.45) is 0.105. The van der Waals surface area contributed by atoms with E-state index >= 15 is 0 Å². The maximum Gasteiger partial charge on any atom is 0.167 e. The average Bonchev–Trinajstić information content (AvgIpc) is 2.69. The second kappa shape index (κ2) is 4.66. The Bertz CT molecular complexity index is 387. The number of ether oxygens (including phenoxy) is 1. The number of hydrogen-bond donors (Lipinski definition) is 1. The number of fused-ring (bicyclic) bond motifs is 1. The van der Waals surface area contributed by atoms with E-state index in [0.717, 1.165) is 11.3 Å². The predicted octanol–water partition coefficient (Wildman–Crippen LogP) is 2.19. The van der Waals surface area contributed by atoms with Gasteiger partial charge in [-0.2, -0.15) is 0 Å². The van der Waals surface area contributed by atoms with Gasteiger partial charge in [-0.25, -0.2) is 0 Å². The highest BCUT2D eigenvalue weighted by molar-refractivity contribution is 5.90. The molecule has 1 atom stereocenters. The van der Waals surface area contributed by atoms with Gasteiger partial charge in [-0.3, -0.25) is 4.79 Å². The fraction of sp³-hybridized carbons (Fsp3) is 0.462. The van der Waals surface area contributed by atoms with Crippen LogP contribution < -0.4 is 5.32 Å². The van der Waals surface area contributed by atoms with E-state index in [1.165, 1.54) is 0 Å². The molecule has 3 nitrogen and oxygen atoms in total. The lowest BCUT2D eigenvalue weighted by atomic mass is 9.97. The van der Waals surface area contributed by atoms with Gasteiger partial charge < -0.3 is 10.1 Å². The lowest BCUT2D eigenvalue weighted by Gasteiger charge is -2.11. The summed E-state index contributed by atoms with van der Waals surface area (Å²) in [6, 6.07) is 7.96. The number of ketones is 1. The Balaban J connectivity index is 2.04. The zero-order valence-electron chi connectivity index (χ0n) is 9.69. The zero-order valence-corrected chi connectivity index (χ0v) is 9.69. The third-order valence-electron chi connectivity index (χ3n) is 2.78. The van der Waals surface area contributed by atoms with Crippen LogP contribution in [0.2, 0.25) is 0 Å². The molecular formula is C13H17NO2. The summed E-state index contributed by atoms with van der Waals surface area (Å²) in [5, 5.41) is 3.24. The predicted molar refractivity (Wildman–Crippen MR) is 63.8 cm³/mol. The maximum absolute atomic E-state index is 11.9. The first-order chi connectivity index (χ1) is 7.68. The summed E-state index contributed by atoms with van der Waals surface area (Å²) in [6.45, 7) is 4.78. The van der Waals surface area contributed by atoms with Gasteiger partial charge >= 0.3 is 0 Å². The molecule has 0 radical (unpaired) electrons. The number of carbonyl (C=O) groups excluding carboxylic acids is 1. The highest BCUT2D eigenvalue weighted by atomic mass is 16.5. The zero-order chi connectivity index (χ0) is 11.5. The normalized spacial score (nSPS) is 18.3. The van der Waals surface area contributed by atoms with Crippen LogP contribution in [0.15, 0.2) is 24.3 Å². The molecule has 0 fully saturated rings. The van der Waals surface area contributed by atoms with E-state index in [-0.39, 0.29) is 24.4 Å². The number of Topliss-reactive ketones (excluding diaryl/α,β-unsaturated/α-hetero) is 1. The number of hydrogen-bond acceptors (Lipinski definition) is 3. The minimum absolute atomic E-state index is 0.0463. The third-order valence-corrected chi connectivity index (χ3v) is 2.78. The van der Waals surface area contributed by atoms with Crippen molar-refractivity contribution < 1.29 is 9.53 Å². The highest BCUT2D eigenvalue weighted by Crippen LogP contribution is 2.31. The van der Waals surface area contributed by atoms with Crippen molar-refractivity contribution in [2.75, 3.05) is 18.5 Å². The van der Waals surface area contributed by atoms with Crippen LogP contribution in [0, 0.1) is 0 Å². The maximum atomic E-state index is 11.9. The topological polar surface area (TPSA) is 38.3 Å². The molecule has 3 heteroatoms. The van der Waals surface area contributed by atoms with Crippen molar-refractivity contribution in [3.63, 3.8) is 0 Å². The van der Waals surface area contributed by atoms with Crippen LogP contribution >= 0.6 is 0 Å². The Morgan fingerprint density at radius 3 is 3.00 bits per heavy atom. The van der Waals surface area contributed by atoms with Crippen LogP contribution in [0.5, 0.6) is 0 Å². The van der Waals surface area contributed by atoms with Crippen molar-refractivity contribution in [2.24, 2.45) is 0 Å². The molecule has 16 heavy (non-hydrogen) atoms. The highest BCUT2D eigenvalue weighted by Gasteiger charge is 2.27. The smallest absolute Gasteiger partial charge is 0.167 e. The molecule has 0 aliphatic carbocycles. The molecule has 1 aromatic rings. The summed E-state index contributed by atoms with van der Waals surface area (Å²) in [7, 11) is 0. The quantitative estimate of drug-likeness (QED) is 0.843. The monoisotopic (exact) mass is 219 g/mol. The minimum atomic E-state index is -0.0463. The number of carbonyl (C=O) groups is 1. The van der Waals surface area contributed by atoms with Gasteiger partial charge in [-0.05, 0) is 25.5 Å². The van der Waals surface area contributed by atoms with E-state index in [4.69, 9.17) is 4.74 Å². The number of rotatable bonds is 4. The van der Waals surface area contributed by atoms with Gasteiger partial charge in [0.2, 0.25) is 0 Å². The molecule has 0 saturated heterocycles. The first-order valence-electron chi connectivity index (χ1n) is 5.65. The first-order valence-corrected chi connectivity index (χ1v) is 5.65. The molecule has 0 bridgehead atoms. The molecule has 1 heterocycles. The Morgan fingerprint density at radius 1 is 1.50 bits per heavy atom. The second-order valence-corrected chi connectivity index (χ2v) is 4.35. The van der Waals surface area contributed by atoms with Gasteiger partial charge in [0.05, 0.1) is 12.0 Å². The SMILES string of the molecule is CC(C)OCC(=O)C1CNc2ccccc21. The summed E-state index contributed by atoms with van der Waals surface area (Å²) < 4.78 is 5.35. The Labute approximate surface area is 95.8 Å². The summed E-state index contributed by atoms with van der Waals surface area (Å²) in [5.41, 5.74) is 2.17. The van der Waals surface area contributed by atoms with E-state index in [1.807, 2.05) is 38.1 Å². The van der Waals surface area contributed by atoms with Crippen molar-refractivity contribution >= 4 is 11.5 Å². The van der Waals surface area contributed by atoms with Crippen molar-refractivity contribution in [1.29, 1.82) is 0 Å². The van der Waals surface area contributed by atoms with Crippen LogP contribution in [0.25, 0.3) is 0 Å². The second-order valence-electron chi connectivity index (χ2n) is 4.35. The van der Waals surface area contributed by atoms with Crippen molar-refractivity contribution in [3.8, 4) is 0 Å². The van der Waals surface area contributed by atoms with Crippen molar-refractivity contribution in [3.05, 3.63) is 29.8 Å². The van der Waals surface area contributed by atoms with E-state index in [2.05, 4.69) is 5.32 Å². The number of anilines is 1. The summed E-state index contributed by atoms with van der Waals surface area (Å²) in [4.78, 5) is 11.9. The summed E-state index contributed by atoms with van der Waals surface area (Å²) >= 11 is 0. The largest absolute Gasteiger partial charge is 0.384 e. The molecule has 0 spiro atoms. The molecule has 1 N–H and O–H groups in total. The fourth-order valence-electron chi connectivity index (χ4n) is 1.92. The van der Waals surface area contributed by atoms with E-state index < -0.39 is 0 Å². The van der Waals surface area contributed by atoms with Gasteiger partial charge in [-0.15, -0.1) is 0 Å². The summed E-state index contributed by atoms with van der Waals surface area (Å²) in [5.74, 6) is 0.112. The van der Waals surface area contributed by atoms with Gasteiger partial charge in [0, 0.05) is 12.2 Å². The average molecular weight is 219 g/mol. The van der Waals surface area contributed by atoms with E-state index in [9.17, 15) is 4.79 Å². The molecular weight excluding hydrogens is 202 g/mol. The third kappa shape index (κ3) is 2.25. The fourth-order valence-corrected chi connectivity index (χ4v) is 1.92. The molecule has 1 aliphatic heterocycles. The Kier molecular flexibility index (Phi) is 3.25. The molecule has 0 saturated carbocycles. The molecule has 1 unspecified atom stereocenters. The first kappa shape index (κ1) is 11.1. The van der Waals surface area contributed by atoms with E-state index in [1.54, 1.807) is 0 Å². The van der Waals surface area contributed by atoms with Crippen LogP contribution in [0.3, 0.4) is 0 Å². The molecule has 1 aliphatic rings. The van der Waals surface area contributed by atoms with Gasteiger partial charge in [-0.1, -0.05) is 18.2 Å². The Hall–Kier alpha value is -1.35. The lowest BCUT2D eigenvalue weighted by Crippen LogP contribution is -2.21. The molecule has 0 amide bonds. The lowest BCUT2D eigenvalue weighted by molar-refractivity contribution is -0.126. The van der Waals surface area contributed by atoms with Gasteiger partial charge in [0.15, 0.2) is 5.78 Å². The Morgan fingerprint density at radius 2 is 2.25 bits per heavy atom. The van der Waals surface area contributed by atoms with Gasteiger partial charge in [0.1, 0.15) is 6.61 Å². The molecule has 86 valence electrons. The van der Waals surface area contributed by atoms with Crippen molar-refractivity contribution in [2.45, 2.75) is 25.9 Å². The van der Waals surface area contributed by atoms with Crippen LogP contribution in [0.4, 0.5) is 5.69 Å². The van der Waals surface area contributed by atoms with Crippen molar-refractivity contribution in [1.82, 2.24) is 0 Å². The number of para-hydroxylation sites is 1. The van der Waals surface area contributed by atoms with E-state index in [0.29, 0.717) is 6.54 Å². The molecule has 0 aromatic heterocycles. The molecule has 2 rings (SSSR count). The van der Waals surface area contributed by atoms with Crippen LogP contribution in [0.1, 0.15) is 25.3 Å². The van der Waals surface area contributed by atoms with Gasteiger partial charge in [0.25, 0.3) is 0 Å².